The summed E-state index contributed by atoms with van der Waals surface area (Å²) in [5, 5.41) is 5.77. The Morgan fingerprint density at radius 2 is 2.09 bits per heavy atom. The van der Waals surface area contributed by atoms with Crippen molar-refractivity contribution in [3.8, 4) is 0 Å². The summed E-state index contributed by atoms with van der Waals surface area (Å²) in [6.07, 6.45) is 7.68. The Bertz CT molecular complexity index is 580. The van der Waals surface area contributed by atoms with E-state index in [-0.39, 0.29) is 11.9 Å². The number of hydrogen-bond donors (Lipinski definition) is 2. The second-order valence-electron chi connectivity index (χ2n) is 5.79. The van der Waals surface area contributed by atoms with Gasteiger partial charge in [-0.05, 0) is 49.4 Å². The number of nitrogens with one attached hydrogen (secondary N) is 2. The highest BCUT2D eigenvalue weighted by Gasteiger charge is 2.21. The van der Waals surface area contributed by atoms with Crippen LogP contribution in [0.4, 0.5) is 10.5 Å². The first-order chi connectivity index (χ1) is 10.7. The predicted octanol–water partition coefficient (Wildman–Crippen LogP) is 2.30. The first kappa shape index (κ1) is 14.6. The number of nitrogens with zero attached hydrogens (tertiary/aromatic N) is 1. The zero-order valence-electron chi connectivity index (χ0n) is 12.5. The lowest BCUT2D eigenvalue weighted by molar-refractivity contribution is 0.0946. The van der Waals surface area contributed by atoms with Gasteiger partial charge in [0.15, 0.2) is 0 Å². The standard InChI is InChI=1S/C17H21N3O2/c21-16(19-12-13-4-2-1-3-5-13)14-6-8-15(9-7-14)20-11-10-18-17(20)22/h1-2,6-9,13H,3-5,10-12H2,(H,18,22)(H,19,21). The van der Waals surface area contributed by atoms with Gasteiger partial charge in [0, 0.05) is 30.9 Å². The summed E-state index contributed by atoms with van der Waals surface area (Å²) in [4.78, 5) is 25.4. The Morgan fingerprint density at radius 3 is 2.73 bits per heavy atom. The Hall–Kier alpha value is -2.30. The number of carbonyl (C=O) groups excluding carboxylic acids is 2. The first-order valence-corrected chi connectivity index (χ1v) is 7.82. The summed E-state index contributed by atoms with van der Waals surface area (Å²) in [7, 11) is 0. The van der Waals surface area contributed by atoms with Crippen LogP contribution in [0.5, 0.6) is 0 Å². The maximum absolute atomic E-state index is 12.2. The number of hydrogen-bond acceptors (Lipinski definition) is 2. The van der Waals surface area contributed by atoms with E-state index in [4.69, 9.17) is 0 Å². The fourth-order valence-corrected chi connectivity index (χ4v) is 2.89. The van der Waals surface area contributed by atoms with Gasteiger partial charge in [0.2, 0.25) is 0 Å². The minimum atomic E-state index is -0.0810. The molecule has 1 fully saturated rings. The fraction of sp³-hybridized carbons (Fsp3) is 0.412. The van der Waals surface area contributed by atoms with E-state index in [1.165, 1.54) is 0 Å². The summed E-state index contributed by atoms with van der Waals surface area (Å²) in [6.45, 7) is 2.05. The summed E-state index contributed by atoms with van der Waals surface area (Å²) in [5.74, 6) is 0.494. The third-order valence-electron chi connectivity index (χ3n) is 4.23. The molecule has 1 heterocycles. The molecule has 1 atom stereocenters. The summed E-state index contributed by atoms with van der Waals surface area (Å²) < 4.78 is 0. The van der Waals surface area contributed by atoms with Gasteiger partial charge < -0.3 is 10.6 Å². The Labute approximate surface area is 130 Å². The molecule has 2 N–H and O–H groups in total. The SMILES string of the molecule is O=C(NCC1CC=CCC1)c1ccc(N2CCNC2=O)cc1. The predicted molar refractivity (Wildman–Crippen MR) is 86.0 cm³/mol. The zero-order chi connectivity index (χ0) is 15.4. The van der Waals surface area contributed by atoms with E-state index in [1.54, 1.807) is 17.0 Å². The second kappa shape index (κ2) is 6.64. The van der Waals surface area contributed by atoms with Crippen LogP contribution in [0.15, 0.2) is 36.4 Å². The van der Waals surface area contributed by atoms with Gasteiger partial charge in [-0.15, -0.1) is 0 Å². The molecular formula is C17H21N3O2. The number of rotatable bonds is 4. The number of carbonyl (C=O) groups is 2. The van der Waals surface area contributed by atoms with Crippen LogP contribution >= 0.6 is 0 Å². The van der Waals surface area contributed by atoms with E-state index in [2.05, 4.69) is 22.8 Å². The number of benzene rings is 1. The van der Waals surface area contributed by atoms with Gasteiger partial charge in [0.1, 0.15) is 0 Å². The van der Waals surface area contributed by atoms with Gasteiger partial charge in [0.05, 0.1) is 0 Å². The van der Waals surface area contributed by atoms with Crippen molar-refractivity contribution in [1.29, 1.82) is 0 Å². The van der Waals surface area contributed by atoms with Crippen molar-refractivity contribution in [1.82, 2.24) is 10.6 Å². The highest BCUT2D eigenvalue weighted by Crippen LogP contribution is 2.19. The molecule has 1 saturated heterocycles. The van der Waals surface area contributed by atoms with Crippen molar-refractivity contribution >= 4 is 17.6 Å². The van der Waals surface area contributed by atoms with E-state index < -0.39 is 0 Å². The molecule has 0 radical (unpaired) electrons. The van der Waals surface area contributed by atoms with Crippen molar-refractivity contribution in [3.05, 3.63) is 42.0 Å². The molecule has 3 rings (SSSR count). The van der Waals surface area contributed by atoms with Crippen LogP contribution in [0, 0.1) is 5.92 Å². The molecule has 1 aliphatic heterocycles. The summed E-state index contributed by atoms with van der Waals surface area (Å²) in [5.41, 5.74) is 1.46. The summed E-state index contributed by atoms with van der Waals surface area (Å²) >= 11 is 0. The lowest BCUT2D eigenvalue weighted by Crippen LogP contribution is -2.30. The highest BCUT2D eigenvalue weighted by atomic mass is 16.2. The van der Waals surface area contributed by atoms with Crippen LogP contribution in [-0.4, -0.2) is 31.6 Å². The minimum Gasteiger partial charge on any atom is -0.352 e. The van der Waals surface area contributed by atoms with Crippen LogP contribution < -0.4 is 15.5 Å². The van der Waals surface area contributed by atoms with Crippen molar-refractivity contribution in [2.75, 3.05) is 24.5 Å². The maximum atomic E-state index is 12.2. The molecule has 116 valence electrons. The molecular weight excluding hydrogens is 278 g/mol. The van der Waals surface area contributed by atoms with E-state index in [0.717, 1.165) is 31.5 Å². The monoisotopic (exact) mass is 299 g/mol. The van der Waals surface area contributed by atoms with Crippen LogP contribution in [0.1, 0.15) is 29.6 Å². The van der Waals surface area contributed by atoms with Crippen molar-refractivity contribution in [2.24, 2.45) is 5.92 Å². The first-order valence-electron chi connectivity index (χ1n) is 7.82. The lowest BCUT2D eigenvalue weighted by atomic mass is 9.94. The molecule has 22 heavy (non-hydrogen) atoms. The molecule has 0 bridgehead atoms. The van der Waals surface area contributed by atoms with Crippen molar-refractivity contribution in [2.45, 2.75) is 19.3 Å². The quantitative estimate of drug-likeness (QED) is 0.838. The average Bonchev–Trinajstić information content (AvgIpc) is 3.00. The van der Waals surface area contributed by atoms with Crippen molar-refractivity contribution < 1.29 is 9.59 Å². The molecule has 5 heteroatoms. The van der Waals surface area contributed by atoms with Crippen LogP contribution in [0.25, 0.3) is 0 Å². The third kappa shape index (κ3) is 3.30. The minimum absolute atomic E-state index is 0.0491. The van der Waals surface area contributed by atoms with Gasteiger partial charge in [-0.2, -0.15) is 0 Å². The number of allylic oxidation sites excluding steroid dienone is 2. The van der Waals surface area contributed by atoms with Crippen LogP contribution in [0.2, 0.25) is 0 Å². The molecule has 1 aromatic rings. The topological polar surface area (TPSA) is 61.4 Å². The molecule has 1 aliphatic carbocycles. The van der Waals surface area contributed by atoms with Gasteiger partial charge in [-0.3, -0.25) is 9.69 Å². The number of urea groups is 1. The fourth-order valence-electron chi connectivity index (χ4n) is 2.89. The van der Waals surface area contributed by atoms with Crippen molar-refractivity contribution in [3.63, 3.8) is 0 Å². The van der Waals surface area contributed by atoms with E-state index in [1.807, 2.05) is 12.1 Å². The zero-order valence-corrected chi connectivity index (χ0v) is 12.5. The average molecular weight is 299 g/mol. The molecule has 1 aromatic carbocycles. The molecule has 2 aliphatic rings. The normalized spacial score (nSPS) is 20.8. The second-order valence-corrected chi connectivity index (χ2v) is 5.79. The van der Waals surface area contributed by atoms with E-state index in [9.17, 15) is 9.59 Å². The van der Waals surface area contributed by atoms with Gasteiger partial charge >= 0.3 is 6.03 Å². The third-order valence-corrected chi connectivity index (χ3v) is 4.23. The number of anilines is 1. The van der Waals surface area contributed by atoms with Gasteiger partial charge in [0.25, 0.3) is 5.91 Å². The Kier molecular flexibility index (Phi) is 4.42. The lowest BCUT2D eigenvalue weighted by Gasteiger charge is -2.18. The molecule has 0 aromatic heterocycles. The molecule has 1 unspecified atom stereocenters. The largest absolute Gasteiger partial charge is 0.352 e. The molecule has 0 saturated carbocycles. The van der Waals surface area contributed by atoms with Crippen LogP contribution in [-0.2, 0) is 0 Å². The van der Waals surface area contributed by atoms with Gasteiger partial charge in [-0.25, -0.2) is 4.79 Å². The number of amides is 3. The summed E-state index contributed by atoms with van der Waals surface area (Å²) in [6, 6.07) is 7.11. The van der Waals surface area contributed by atoms with Crippen LogP contribution in [0.3, 0.4) is 0 Å². The Morgan fingerprint density at radius 1 is 1.27 bits per heavy atom. The highest BCUT2D eigenvalue weighted by molar-refractivity contribution is 5.96. The molecule has 0 spiro atoms. The van der Waals surface area contributed by atoms with E-state index in [0.29, 0.717) is 24.6 Å². The molecule has 5 nitrogen and oxygen atoms in total. The van der Waals surface area contributed by atoms with E-state index >= 15 is 0 Å². The van der Waals surface area contributed by atoms with Gasteiger partial charge in [-0.1, -0.05) is 12.2 Å². The smallest absolute Gasteiger partial charge is 0.321 e. The molecule has 3 amide bonds. The Balaban J connectivity index is 1.56. The maximum Gasteiger partial charge on any atom is 0.321 e.